The molecule has 0 radical (unpaired) electrons. The summed E-state index contributed by atoms with van der Waals surface area (Å²) in [6.07, 6.45) is 3.16. The van der Waals surface area contributed by atoms with Crippen molar-refractivity contribution in [1.82, 2.24) is 24.7 Å². The number of hydrogen-bond acceptors (Lipinski definition) is 8. The molecule has 0 saturated carbocycles. The van der Waals surface area contributed by atoms with Crippen LogP contribution < -0.4 is 14.5 Å². The number of carbonyl (C=O) groups excluding carboxylic acids is 1. The lowest BCUT2D eigenvalue weighted by atomic mass is 9.76. The van der Waals surface area contributed by atoms with Crippen LogP contribution in [0.25, 0.3) is 10.8 Å². The van der Waals surface area contributed by atoms with Crippen molar-refractivity contribution in [2.45, 2.75) is 50.4 Å². The van der Waals surface area contributed by atoms with E-state index < -0.39 is 5.54 Å². The van der Waals surface area contributed by atoms with E-state index in [-0.39, 0.29) is 11.9 Å². The summed E-state index contributed by atoms with van der Waals surface area (Å²) in [6.45, 7) is 8.84. The number of carbonyl (C=O) groups is 1. The van der Waals surface area contributed by atoms with Crippen LogP contribution in [0.2, 0.25) is 0 Å². The van der Waals surface area contributed by atoms with Gasteiger partial charge < -0.3 is 24.3 Å². The van der Waals surface area contributed by atoms with Gasteiger partial charge in [0.25, 0.3) is 0 Å². The van der Waals surface area contributed by atoms with E-state index >= 15 is 0 Å². The van der Waals surface area contributed by atoms with Gasteiger partial charge in [-0.2, -0.15) is 9.97 Å². The molecule has 1 aromatic heterocycles. The highest BCUT2D eigenvalue weighted by Crippen LogP contribution is 2.48. The van der Waals surface area contributed by atoms with Crippen LogP contribution in [0.4, 0.5) is 11.5 Å². The van der Waals surface area contributed by atoms with E-state index in [1.165, 1.54) is 34.0 Å². The molecule has 0 N–H and O–H groups in total. The maximum atomic E-state index is 14.6. The first kappa shape index (κ1) is 37.5. The van der Waals surface area contributed by atoms with E-state index in [2.05, 4.69) is 166 Å². The first-order valence-corrected chi connectivity index (χ1v) is 21.4. The second kappa shape index (κ2) is 15.8. The number of hydrogen-bond donors (Lipinski definition) is 0. The molecule has 4 aliphatic heterocycles. The number of anilines is 2. The van der Waals surface area contributed by atoms with E-state index in [1.54, 1.807) is 0 Å². The average Bonchev–Trinajstić information content (AvgIpc) is 3.98. The largest absolute Gasteiger partial charge is 0.462 e. The van der Waals surface area contributed by atoms with Gasteiger partial charge in [0.2, 0.25) is 5.91 Å². The fourth-order valence-corrected chi connectivity index (χ4v) is 10.2. The molecular formula is C50H53N7O2. The third-order valence-corrected chi connectivity index (χ3v) is 13.3. The molecule has 300 valence electrons. The summed E-state index contributed by atoms with van der Waals surface area (Å²) in [5.41, 5.74) is 7.67. The summed E-state index contributed by atoms with van der Waals surface area (Å²) in [5, 5.41) is 2.56. The molecule has 10 rings (SSSR count). The SMILES string of the molecule is Cc1cccc2cccc(N3CCc4c(nc(OC[C@@H]5CCCN5C)nc4N4CCN(C(=O)C5CN5C(c5ccccc5)(c5ccccc5)c5ccccc5)CC4)C3)c12. The number of likely N-dealkylation sites (tertiary alicyclic amines) is 1. The van der Waals surface area contributed by atoms with Crippen molar-refractivity contribution in [3.8, 4) is 6.01 Å². The number of likely N-dealkylation sites (N-methyl/N-ethyl adjacent to an activating group) is 1. The van der Waals surface area contributed by atoms with Gasteiger partial charge in [0, 0.05) is 61.9 Å². The molecule has 6 aromatic rings. The van der Waals surface area contributed by atoms with E-state index in [0.29, 0.717) is 57.9 Å². The summed E-state index contributed by atoms with van der Waals surface area (Å²) in [6, 6.07) is 45.8. The Balaban J connectivity index is 0.909. The monoisotopic (exact) mass is 783 g/mol. The van der Waals surface area contributed by atoms with Crippen LogP contribution >= 0.6 is 0 Å². The van der Waals surface area contributed by atoms with Crippen LogP contribution in [-0.2, 0) is 23.3 Å². The number of rotatable bonds is 10. The molecule has 3 saturated heterocycles. The molecule has 3 fully saturated rings. The number of piperazine rings is 1. The van der Waals surface area contributed by atoms with Crippen molar-refractivity contribution in [2.75, 3.05) is 69.3 Å². The van der Waals surface area contributed by atoms with Gasteiger partial charge >= 0.3 is 6.01 Å². The van der Waals surface area contributed by atoms with Crippen LogP contribution in [-0.4, -0.2) is 102 Å². The van der Waals surface area contributed by atoms with Crippen molar-refractivity contribution in [3.63, 3.8) is 0 Å². The fourth-order valence-electron chi connectivity index (χ4n) is 10.2. The van der Waals surface area contributed by atoms with Gasteiger partial charge in [0.05, 0.1) is 17.8 Å². The van der Waals surface area contributed by atoms with Crippen LogP contribution in [0.3, 0.4) is 0 Å². The lowest BCUT2D eigenvalue weighted by Crippen LogP contribution is -2.52. The van der Waals surface area contributed by atoms with Crippen molar-refractivity contribution in [3.05, 3.63) is 161 Å². The minimum absolute atomic E-state index is 0.201. The molecule has 59 heavy (non-hydrogen) atoms. The fraction of sp³-hybridized carbons (Fsp3) is 0.340. The maximum Gasteiger partial charge on any atom is 0.318 e. The third kappa shape index (κ3) is 6.90. The van der Waals surface area contributed by atoms with Gasteiger partial charge in [-0.25, -0.2) is 0 Å². The quantitative estimate of drug-likeness (QED) is 0.106. The molecule has 5 aromatic carbocycles. The number of nitrogens with zero attached hydrogens (tertiary/aromatic N) is 7. The van der Waals surface area contributed by atoms with Crippen molar-refractivity contribution in [2.24, 2.45) is 0 Å². The normalized spacial score (nSPS) is 20.8. The topological polar surface area (TPSA) is 68.1 Å². The molecule has 2 unspecified atom stereocenters. The summed E-state index contributed by atoms with van der Waals surface area (Å²) in [7, 11) is 2.18. The molecule has 0 spiro atoms. The number of ether oxygens (including phenoxy) is 1. The number of fused-ring (bicyclic) bond motifs is 2. The minimum atomic E-state index is -0.589. The summed E-state index contributed by atoms with van der Waals surface area (Å²) in [4.78, 5) is 36.6. The van der Waals surface area contributed by atoms with Crippen LogP contribution in [0, 0.1) is 6.92 Å². The minimum Gasteiger partial charge on any atom is -0.462 e. The number of benzene rings is 5. The molecule has 5 heterocycles. The van der Waals surface area contributed by atoms with Crippen LogP contribution in [0.15, 0.2) is 127 Å². The number of aromatic nitrogens is 2. The Morgan fingerprint density at radius 2 is 1.37 bits per heavy atom. The molecular weight excluding hydrogens is 731 g/mol. The summed E-state index contributed by atoms with van der Waals surface area (Å²) < 4.78 is 6.46. The third-order valence-electron chi connectivity index (χ3n) is 13.3. The highest BCUT2D eigenvalue weighted by molar-refractivity contribution is 5.97. The van der Waals surface area contributed by atoms with Crippen LogP contribution in [0.5, 0.6) is 6.01 Å². The molecule has 9 nitrogen and oxygen atoms in total. The van der Waals surface area contributed by atoms with E-state index in [1.807, 2.05) is 0 Å². The standard InChI is InChI=1S/C50H53N7O2/c1-36-15-12-16-37-17-13-25-44(46(36)37)56-28-26-42-43(33-56)51-49(59-35-41-24-14-27-53(41)2)52-47(42)54-29-31-55(32-30-54)48(58)45-34-57(45)50(38-18-6-3-7-19-38,39-20-8-4-9-21-39)40-22-10-5-11-23-40/h3-13,15-23,25,41,45H,14,24,26-35H2,1-2H3/t41-,45?,57?/m0/s1. The number of aryl methyl sites for hydroxylation is 1. The van der Waals surface area contributed by atoms with Gasteiger partial charge in [-0.1, -0.05) is 121 Å². The maximum absolute atomic E-state index is 14.6. The summed E-state index contributed by atoms with van der Waals surface area (Å²) >= 11 is 0. The molecule has 9 heteroatoms. The zero-order chi connectivity index (χ0) is 39.9. The number of amides is 1. The highest BCUT2D eigenvalue weighted by atomic mass is 16.5. The second-order valence-corrected chi connectivity index (χ2v) is 16.8. The predicted octanol–water partition coefficient (Wildman–Crippen LogP) is 7.30. The van der Waals surface area contributed by atoms with Crippen LogP contribution in [0.1, 0.15) is 46.4 Å². The molecule has 1 amide bonds. The Kier molecular flexibility index (Phi) is 10.0. The zero-order valence-corrected chi connectivity index (χ0v) is 34.2. The Labute approximate surface area is 347 Å². The highest BCUT2D eigenvalue weighted by Gasteiger charge is 2.57. The van der Waals surface area contributed by atoms with E-state index in [4.69, 9.17) is 14.7 Å². The Bertz CT molecular complexity index is 2340. The molecule has 0 aliphatic carbocycles. The Morgan fingerprint density at radius 1 is 0.729 bits per heavy atom. The Hall–Kier alpha value is -5.77. The van der Waals surface area contributed by atoms with Gasteiger partial charge in [-0.3, -0.25) is 9.69 Å². The van der Waals surface area contributed by atoms with Crippen molar-refractivity contribution in [1.29, 1.82) is 0 Å². The van der Waals surface area contributed by atoms with E-state index in [9.17, 15) is 4.79 Å². The molecule has 4 aliphatic rings. The smallest absolute Gasteiger partial charge is 0.318 e. The van der Waals surface area contributed by atoms with Crippen molar-refractivity contribution < 1.29 is 9.53 Å². The zero-order valence-electron chi connectivity index (χ0n) is 34.2. The first-order valence-electron chi connectivity index (χ1n) is 21.4. The molecule has 0 bridgehead atoms. The summed E-state index contributed by atoms with van der Waals surface area (Å²) in [5.74, 6) is 1.17. The van der Waals surface area contributed by atoms with Gasteiger partial charge in [-0.05, 0) is 73.5 Å². The van der Waals surface area contributed by atoms with E-state index in [0.717, 1.165) is 54.1 Å². The van der Waals surface area contributed by atoms with Crippen molar-refractivity contribution >= 4 is 28.2 Å². The van der Waals surface area contributed by atoms with Gasteiger partial charge in [-0.15, -0.1) is 0 Å². The van der Waals surface area contributed by atoms with Gasteiger partial charge in [0.15, 0.2) is 0 Å². The first-order chi connectivity index (χ1) is 29.0. The Morgan fingerprint density at radius 3 is 2.00 bits per heavy atom. The molecule has 3 atom stereocenters. The average molecular weight is 784 g/mol. The van der Waals surface area contributed by atoms with Gasteiger partial charge in [0.1, 0.15) is 18.5 Å². The lowest BCUT2D eigenvalue weighted by Gasteiger charge is -2.40. The second-order valence-electron chi connectivity index (χ2n) is 16.8. The lowest BCUT2D eigenvalue weighted by molar-refractivity contribution is -0.132. The predicted molar refractivity (Wildman–Crippen MR) is 235 cm³/mol.